The normalized spacial score (nSPS) is 11.7. The first-order valence-electron chi connectivity index (χ1n) is 6.67. The van der Waals surface area contributed by atoms with Crippen LogP contribution in [0.3, 0.4) is 0 Å². The lowest BCUT2D eigenvalue weighted by Crippen LogP contribution is -2.29. The van der Waals surface area contributed by atoms with Crippen molar-refractivity contribution >= 4 is 11.9 Å². The molecule has 110 valence electrons. The second-order valence-corrected chi connectivity index (χ2v) is 4.43. The summed E-state index contributed by atoms with van der Waals surface area (Å²) >= 11 is 0. The molecule has 0 radical (unpaired) electrons. The van der Waals surface area contributed by atoms with Crippen LogP contribution in [0, 0.1) is 0 Å². The monoisotopic (exact) mass is 280 g/mol. The quantitative estimate of drug-likeness (QED) is 0.585. The van der Waals surface area contributed by atoms with Crippen molar-refractivity contribution < 1.29 is 24.2 Å². The van der Waals surface area contributed by atoms with Gasteiger partial charge in [0.2, 0.25) is 0 Å². The van der Waals surface area contributed by atoms with E-state index in [2.05, 4.69) is 6.92 Å². The van der Waals surface area contributed by atoms with Crippen LogP contribution in [0.15, 0.2) is 24.3 Å². The molecule has 1 rings (SSSR count). The first-order valence-corrected chi connectivity index (χ1v) is 6.67. The SMILES string of the molecule is CCCCCC(Oc1ccccc1C(=O)O)C(=O)OC. The van der Waals surface area contributed by atoms with Crippen molar-refractivity contribution in [1.82, 2.24) is 0 Å². The molecule has 0 amide bonds. The van der Waals surface area contributed by atoms with Crippen molar-refractivity contribution in [3.05, 3.63) is 29.8 Å². The van der Waals surface area contributed by atoms with E-state index in [4.69, 9.17) is 14.6 Å². The molecule has 0 aliphatic carbocycles. The molecule has 1 atom stereocenters. The van der Waals surface area contributed by atoms with E-state index in [0.29, 0.717) is 6.42 Å². The number of carbonyl (C=O) groups is 2. The van der Waals surface area contributed by atoms with Crippen LogP contribution < -0.4 is 4.74 Å². The number of rotatable bonds is 8. The van der Waals surface area contributed by atoms with Gasteiger partial charge < -0.3 is 14.6 Å². The number of benzene rings is 1. The molecule has 1 unspecified atom stereocenters. The topological polar surface area (TPSA) is 72.8 Å². The van der Waals surface area contributed by atoms with Gasteiger partial charge in [0.05, 0.1) is 7.11 Å². The van der Waals surface area contributed by atoms with Crippen LogP contribution in [0.1, 0.15) is 43.0 Å². The summed E-state index contributed by atoms with van der Waals surface area (Å²) in [6.07, 6.45) is 2.57. The average molecular weight is 280 g/mol. The van der Waals surface area contributed by atoms with Crippen LogP contribution in [0.25, 0.3) is 0 Å². The number of esters is 1. The fourth-order valence-electron chi connectivity index (χ4n) is 1.84. The van der Waals surface area contributed by atoms with Gasteiger partial charge in [0.25, 0.3) is 0 Å². The van der Waals surface area contributed by atoms with Gasteiger partial charge in [0, 0.05) is 0 Å². The Bertz CT molecular complexity index is 455. The molecule has 0 saturated heterocycles. The number of unbranched alkanes of at least 4 members (excludes halogenated alkanes) is 2. The maximum atomic E-state index is 11.7. The van der Waals surface area contributed by atoms with Gasteiger partial charge in [-0.1, -0.05) is 31.9 Å². The van der Waals surface area contributed by atoms with E-state index in [1.54, 1.807) is 18.2 Å². The van der Waals surface area contributed by atoms with E-state index in [1.165, 1.54) is 13.2 Å². The van der Waals surface area contributed by atoms with Gasteiger partial charge in [-0.05, 0) is 25.0 Å². The van der Waals surface area contributed by atoms with E-state index >= 15 is 0 Å². The van der Waals surface area contributed by atoms with Crippen LogP contribution >= 0.6 is 0 Å². The van der Waals surface area contributed by atoms with Crippen molar-refractivity contribution in [1.29, 1.82) is 0 Å². The van der Waals surface area contributed by atoms with Crippen LogP contribution in [0.2, 0.25) is 0 Å². The molecule has 0 aliphatic rings. The largest absolute Gasteiger partial charge is 0.478 e. The second-order valence-electron chi connectivity index (χ2n) is 4.43. The fraction of sp³-hybridized carbons (Fsp3) is 0.467. The van der Waals surface area contributed by atoms with E-state index in [9.17, 15) is 9.59 Å². The molecule has 20 heavy (non-hydrogen) atoms. The Morgan fingerprint density at radius 3 is 2.55 bits per heavy atom. The van der Waals surface area contributed by atoms with Gasteiger partial charge in [0.15, 0.2) is 6.10 Å². The third kappa shape index (κ3) is 4.57. The van der Waals surface area contributed by atoms with E-state index < -0.39 is 18.0 Å². The number of aromatic carboxylic acids is 1. The summed E-state index contributed by atoms with van der Waals surface area (Å²) in [5.74, 6) is -1.38. The van der Waals surface area contributed by atoms with Crippen molar-refractivity contribution in [2.24, 2.45) is 0 Å². The van der Waals surface area contributed by atoms with E-state index in [1.807, 2.05) is 0 Å². The van der Waals surface area contributed by atoms with Gasteiger partial charge in [0.1, 0.15) is 11.3 Å². The van der Waals surface area contributed by atoms with Gasteiger partial charge >= 0.3 is 11.9 Å². The summed E-state index contributed by atoms with van der Waals surface area (Å²) in [7, 11) is 1.29. The van der Waals surface area contributed by atoms with Crippen molar-refractivity contribution in [2.45, 2.75) is 38.7 Å². The van der Waals surface area contributed by atoms with Crippen LogP contribution in [-0.4, -0.2) is 30.3 Å². The maximum absolute atomic E-state index is 11.7. The van der Waals surface area contributed by atoms with Gasteiger partial charge in [-0.2, -0.15) is 0 Å². The summed E-state index contributed by atoms with van der Waals surface area (Å²) in [4.78, 5) is 22.8. The molecule has 0 bridgehead atoms. The zero-order valence-electron chi connectivity index (χ0n) is 11.8. The minimum absolute atomic E-state index is 0.0388. The molecule has 5 nitrogen and oxygen atoms in total. The number of carboxylic acids is 1. The summed E-state index contributed by atoms with van der Waals surface area (Å²) < 4.78 is 10.3. The van der Waals surface area contributed by atoms with Crippen molar-refractivity contribution in [3.8, 4) is 5.75 Å². The number of hydrogen-bond donors (Lipinski definition) is 1. The van der Waals surface area contributed by atoms with Crippen LogP contribution in [0.5, 0.6) is 5.75 Å². The highest BCUT2D eigenvalue weighted by Crippen LogP contribution is 2.21. The fourth-order valence-corrected chi connectivity index (χ4v) is 1.84. The molecule has 0 aliphatic heterocycles. The molecule has 5 heteroatoms. The van der Waals surface area contributed by atoms with Crippen molar-refractivity contribution in [2.75, 3.05) is 7.11 Å². The first kappa shape index (κ1) is 16.0. The minimum atomic E-state index is -1.09. The Hall–Kier alpha value is -2.04. The molecule has 0 spiro atoms. The number of ether oxygens (including phenoxy) is 2. The Kier molecular flexibility index (Phi) is 6.56. The molecule has 0 fully saturated rings. The molecule has 1 N–H and O–H groups in total. The molecular weight excluding hydrogens is 260 g/mol. The highest BCUT2D eigenvalue weighted by Gasteiger charge is 2.23. The predicted octanol–water partition coefficient (Wildman–Crippen LogP) is 2.89. The lowest BCUT2D eigenvalue weighted by atomic mass is 10.1. The van der Waals surface area contributed by atoms with Crippen LogP contribution in [-0.2, 0) is 9.53 Å². The molecule has 0 heterocycles. The Morgan fingerprint density at radius 1 is 1.25 bits per heavy atom. The van der Waals surface area contributed by atoms with Crippen molar-refractivity contribution in [3.63, 3.8) is 0 Å². The molecule has 1 aromatic rings. The maximum Gasteiger partial charge on any atom is 0.347 e. The van der Waals surface area contributed by atoms with Gasteiger partial charge in [-0.25, -0.2) is 9.59 Å². The highest BCUT2D eigenvalue weighted by atomic mass is 16.6. The predicted molar refractivity (Wildman–Crippen MR) is 74.0 cm³/mol. The zero-order chi connectivity index (χ0) is 15.0. The summed E-state index contributed by atoms with van der Waals surface area (Å²) in [5, 5.41) is 9.09. The van der Waals surface area contributed by atoms with Crippen LogP contribution in [0.4, 0.5) is 0 Å². The number of carboxylic acid groups (broad SMARTS) is 1. The summed E-state index contributed by atoms with van der Waals surface area (Å²) in [5.41, 5.74) is 0.0388. The third-order valence-electron chi connectivity index (χ3n) is 2.92. The van der Waals surface area contributed by atoms with E-state index in [-0.39, 0.29) is 11.3 Å². The minimum Gasteiger partial charge on any atom is -0.478 e. The Labute approximate surface area is 118 Å². The standard InChI is InChI=1S/C15H20O5/c1-3-4-5-10-13(15(18)19-2)20-12-9-7-6-8-11(12)14(16)17/h6-9,13H,3-5,10H2,1-2H3,(H,16,17). The average Bonchev–Trinajstić information content (AvgIpc) is 2.46. The molecular formula is C15H20O5. The Morgan fingerprint density at radius 2 is 1.95 bits per heavy atom. The molecule has 1 aromatic carbocycles. The molecule has 0 saturated carbocycles. The Balaban J connectivity index is 2.83. The third-order valence-corrected chi connectivity index (χ3v) is 2.92. The number of methoxy groups -OCH3 is 1. The lowest BCUT2D eigenvalue weighted by Gasteiger charge is -2.18. The second kappa shape index (κ2) is 8.19. The summed E-state index contributed by atoms with van der Waals surface area (Å²) in [6.45, 7) is 2.06. The number of carbonyl (C=O) groups excluding carboxylic acids is 1. The van der Waals surface area contributed by atoms with Gasteiger partial charge in [-0.3, -0.25) is 0 Å². The summed E-state index contributed by atoms with van der Waals surface area (Å²) in [6, 6.07) is 6.26. The van der Waals surface area contributed by atoms with E-state index in [0.717, 1.165) is 19.3 Å². The highest BCUT2D eigenvalue weighted by molar-refractivity contribution is 5.91. The number of para-hydroxylation sites is 1. The first-order chi connectivity index (χ1) is 9.60. The lowest BCUT2D eigenvalue weighted by molar-refractivity contribution is -0.149. The number of hydrogen-bond acceptors (Lipinski definition) is 4. The molecule has 0 aromatic heterocycles. The van der Waals surface area contributed by atoms with Gasteiger partial charge in [-0.15, -0.1) is 0 Å². The smallest absolute Gasteiger partial charge is 0.347 e. The zero-order valence-corrected chi connectivity index (χ0v) is 11.8.